The normalized spacial score (nSPS) is 10.7. The number of hydrogen-bond donors (Lipinski definition) is 0. The zero-order valence-corrected chi connectivity index (χ0v) is 7.25. The molecule has 0 aromatic carbocycles. The van der Waals surface area contributed by atoms with Gasteiger partial charge >= 0.3 is 0 Å². The molecule has 0 saturated heterocycles. The van der Waals surface area contributed by atoms with E-state index in [1.54, 1.807) is 6.07 Å². The van der Waals surface area contributed by atoms with Crippen molar-refractivity contribution in [3.8, 4) is 0 Å². The summed E-state index contributed by atoms with van der Waals surface area (Å²) in [7, 11) is 0. The Morgan fingerprint density at radius 2 is 2.11 bits per heavy atom. The van der Waals surface area contributed by atoms with Crippen LogP contribution in [0.4, 0.5) is 8.78 Å². The smallest absolute Gasteiger partial charge is 0.204 e. The molecule has 1 rings (SSSR count). The molecule has 0 saturated carbocycles. The third kappa shape index (κ3) is 1.86. The fraction of sp³-hybridized carbons (Fsp3) is 0.200. The van der Waals surface area contributed by atoms with Gasteiger partial charge in [-0.1, -0.05) is 0 Å². The number of hydrogen-bond acceptors (Lipinski definition) is 1. The van der Waals surface area contributed by atoms with E-state index < -0.39 is 6.43 Å². The molecule has 1 aromatic heterocycles. The summed E-state index contributed by atoms with van der Waals surface area (Å²) >= 11 is 3.15. The van der Waals surface area contributed by atoms with Crippen molar-refractivity contribution in [2.24, 2.45) is 0 Å². The van der Waals surface area contributed by atoms with E-state index in [0.717, 1.165) is 14.2 Å². The van der Waals surface area contributed by atoms with Crippen molar-refractivity contribution in [3.05, 3.63) is 19.9 Å². The zero-order chi connectivity index (χ0) is 6.85. The summed E-state index contributed by atoms with van der Waals surface area (Å²) < 4.78 is 24.5. The molecule has 0 nitrogen and oxygen atoms in total. The summed E-state index contributed by atoms with van der Waals surface area (Å²) in [4.78, 5) is 0.152. The molecule has 0 atom stereocenters. The van der Waals surface area contributed by atoms with Gasteiger partial charge in [-0.05, 0) is 34.7 Å². The summed E-state index contributed by atoms with van der Waals surface area (Å²) in [6.07, 6.45) is -2.31. The molecule has 0 N–H and O–H groups in total. The van der Waals surface area contributed by atoms with Gasteiger partial charge in [-0.3, -0.25) is 0 Å². The second-order valence-corrected chi connectivity index (χ2v) is 4.45. The van der Waals surface area contributed by atoms with Crippen molar-refractivity contribution in [1.82, 2.24) is 0 Å². The van der Waals surface area contributed by atoms with E-state index in [1.165, 1.54) is 6.07 Å². The number of alkyl halides is 2. The Morgan fingerprint density at radius 3 is 2.33 bits per heavy atom. The van der Waals surface area contributed by atoms with Crippen LogP contribution < -0.4 is 0 Å². The standard InChI is InChI=1S/C5H3F2IS/c6-5(7)3-1-2-4(8)9-3/h1-2,5H. The van der Waals surface area contributed by atoms with Crippen LogP contribution in [-0.4, -0.2) is 0 Å². The monoisotopic (exact) mass is 260 g/mol. The van der Waals surface area contributed by atoms with Crippen LogP contribution in [0, 0.1) is 2.88 Å². The van der Waals surface area contributed by atoms with E-state index in [9.17, 15) is 8.78 Å². The van der Waals surface area contributed by atoms with Crippen LogP contribution in [-0.2, 0) is 0 Å². The van der Waals surface area contributed by atoms with Crippen LogP contribution in [0.3, 0.4) is 0 Å². The van der Waals surface area contributed by atoms with Gasteiger partial charge in [0.05, 0.1) is 7.76 Å². The average molecular weight is 260 g/mol. The second kappa shape index (κ2) is 2.92. The summed E-state index contributed by atoms with van der Waals surface area (Å²) in [6.45, 7) is 0. The molecule has 0 unspecified atom stereocenters. The SMILES string of the molecule is FC(F)c1ccc(I)s1. The minimum atomic E-state index is -2.31. The Morgan fingerprint density at radius 1 is 1.44 bits per heavy atom. The molecule has 0 bridgehead atoms. The lowest BCUT2D eigenvalue weighted by atomic mass is 10.5. The van der Waals surface area contributed by atoms with Gasteiger partial charge in [-0.2, -0.15) is 0 Å². The van der Waals surface area contributed by atoms with Crippen LogP contribution in [0.25, 0.3) is 0 Å². The molecule has 50 valence electrons. The van der Waals surface area contributed by atoms with Crippen molar-refractivity contribution < 1.29 is 8.78 Å². The molecular weight excluding hydrogens is 257 g/mol. The highest BCUT2D eigenvalue weighted by molar-refractivity contribution is 14.1. The molecule has 9 heavy (non-hydrogen) atoms. The summed E-state index contributed by atoms with van der Waals surface area (Å²) in [5.74, 6) is 0. The lowest BCUT2D eigenvalue weighted by molar-refractivity contribution is 0.155. The Kier molecular flexibility index (Phi) is 2.40. The van der Waals surface area contributed by atoms with Gasteiger partial charge in [0.15, 0.2) is 0 Å². The molecule has 1 heterocycles. The van der Waals surface area contributed by atoms with Gasteiger partial charge in [-0.25, -0.2) is 8.78 Å². The van der Waals surface area contributed by atoms with Crippen molar-refractivity contribution in [1.29, 1.82) is 0 Å². The van der Waals surface area contributed by atoms with E-state index in [4.69, 9.17) is 0 Å². The maximum absolute atomic E-state index is 11.8. The lowest BCUT2D eigenvalue weighted by Crippen LogP contribution is -1.71. The van der Waals surface area contributed by atoms with Crippen molar-refractivity contribution >= 4 is 33.9 Å². The minimum Gasteiger partial charge on any atom is -0.204 e. The van der Waals surface area contributed by atoms with Gasteiger partial charge in [0.25, 0.3) is 6.43 Å². The van der Waals surface area contributed by atoms with Crippen molar-refractivity contribution in [2.75, 3.05) is 0 Å². The molecule has 0 radical (unpaired) electrons. The number of rotatable bonds is 1. The Balaban J connectivity index is 2.85. The van der Waals surface area contributed by atoms with E-state index >= 15 is 0 Å². The second-order valence-electron chi connectivity index (χ2n) is 1.44. The highest BCUT2D eigenvalue weighted by Crippen LogP contribution is 2.27. The summed E-state index contributed by atoms with van der Waals surface area (Å²) in [5, 5.41) is 0. The maximum atomic E-state index is 11.8. The topological polar surface area (TPSA) is 0 Å². The van der Waals surface area contributed by atoms with Crippen molar-refractivity contribution in [2.45, 2.75) is 6.43 Å². The van der Waals surface area contributed by atoms with E-state index in [0.29, 0.717) is 0 Å². The minimum absolute atomic E-state index is 0.152. The molecule has 0 aliphatic heterocycles. The van der Waals surface area contributed by atoms with Gasteiger partial charge < -0.3 is 0 Å². The van der Waals surface area contributed by atoms with Crippen LogP contribution in [0.2, 0.25) is 0 Å². The maximum Gasteiger partial charge on any atom is 0.272 e. The van der Waals surface area contributed by atoms with Gasteiger partial charge in [0, 0.05) is 0 Å². The number of thiophene rings is 1. The Labute approximate surface area is 69.0 Å². The van der Waals surface area contributed by atoms with Crippen LogP contribution in [0.5, 0.6) is 0 Å². The highest BCUT2D eigenvalue weighted by atomic mass is 127. The number of halogens is 3. The van der Waals surface area contributed by atoms with Gasteiger partial charge in [-0.15, -0.1) is 11.3 Å². The predicted molar refractivity (Wildman–Crippen MR) is 42.0 cm³/mol. The Hall–Kier alpha value is 0.290. The molecule has 0 fully saturated rings. The van der Waals surface area contributed by atoms with E-state index in [-0.39, 0.29) is 4.88 Å². The Bertz CT molecular complexity index is 197. The van der Waals surface area contributed by atoms with Crippen LogP contribution in [0.1, 0.15) is 11.3 Å². The fourth-order valence-electron chi connectivity index (χ4n) is 0.446. The first-order valence-electron chi connectivity index (χ1n) is 2.23. The largest absolute Gasteiger partial charge is 0.272 e. The lowest BCUT2D eigenvalue weighted by Gasteiger charge is -1.87. The molecule has 0 aliphatic carbocycles. The van der Waals surface area contributed by atoms with Crippen LogP contribution in [0.15, 0.2) is 12.1 Å². The molecule has 0 aliphatic rings. The quantitative estimate of drug-likeness (QED) is 0.679. The fourth-order valence-corrected chi connectivity index (χ4v) is 1.97. The first-order chi connectivity index (χ1) is 4.20. The molecular formula is C5H3F2IS. The molecule has 4 heteroatoms. The predicted octanol–water partition coefficient (Wildman–Crippen LogP) is 3.29. The van der Waals surface area contributed by atoms with E-state index in [1.807, 2.05) is 22.6 Å². The first-order valence-corrected chi connectivity index (χ1v) is 4.13. The highest BCUT2D eigenvalue weighted by Gasteiger charge is 2.07. The van der Waals surface area contributed by atoms with Crippen LogP contribution >= 0.6 is 33.9 Å². The molecule has 0 spiro atoms. The third-order valence-corrected chi connectivity index (χ3v) is 2.71. The average Bonchev–Trinajstić information content (AvgIpc) is 2.14. The molecule has 0 amide bonds. The summed E-state index contributed by atoms with van der Waals surface area (Å²) in [6, 6.07) is 3.14. The zero-order valence-electron chi connectivity index (χ0n) is 4.27. The first kappa shape index (κ1) is 7.40. The van der Waals surface area contributed by atoms with Gasteiger partial charge in [0.1, 0.15) is 0 Å². The van der Waals surface area contributed by atoms with Gasteiger partial charge in [0.2, 0.25) is 0 Å². The molecule has 1 aromatic rings. The van der Waals surface area contributed by atoms with E-state index in [2.05, 4.69) is 0 Å². The van der Waals surface area contributed by atoms with Crippen molar-refractivity contribution in [3.63, 3.8) is 0 Å². The third-order valence-electron chi connectivity index (χ3n) is 0.809. The summed E-state index contributed by atoms with van der Waals surface area (Å²) in [5.41, 5.74) is 0.